The van der Waals surface area contributed by atoms with Gasteiger partial charge in [0.1, 0.15) is 0 Å². The smallest absolute Gasteiger partial charge is 0.243 e. The Morgan fingerprint density at radius 2 is 1.86 bits per heavy atom. The van der Waals surface area contributed by atoms with Crippen LogP contribution in [0.4, 0.5) is 0 Å². The number of carbonyl (C=O) groups excluding carboxylic acids is 1. The van der Waals surface area contributed by atoms with Crippen molar-refractivity contribution < 1.29 is 4.79 Å². The van der Waals surface area contributed by atoms with E-state index in [1.54, 1.807) is 0 Å². The van der Waals surface area contributed by atoms with E-state index in [0.29, 0.717) is 5.91 Å². The number of nitrogens with one attached hydrogen (secondary N) is 1. The lowest BCUT2D eigenvalue weighted by Gasteiger charge is -2.41. The molecular formula is C17H33N3O. The summed E-state index contributed by atoms with van der Waals surface area (Å²) in [5.74, 6) is 0.309. The first-order valence-electron chi connectivity index (χ1n) is 8.61. The fourth-order valence-corrected chi connectivity index (χ4v) is 3.63. The SMILES string of the molecule is CCCC1NC(C)(CC)C(=O)N1CC1(C)CCN(C)CC1. The average Bonchev–Trinajstić information content (AvgIpc) is 2.68. The van der Waals surface area contributed by atoms with Gasteiger partial charge in [0.2, 0.25) is 5.91 Å². The summed E-state index contributed by atoms with van der Waals surface area (Å²) in [6.45, 7) is 11.9. The molecule has 2 atom stereocenters. The fraction of sp³-hybridized carbons (Fsp3) is 0.941. The summed E-state index contributed by atoms with van der Waals surface area (Å²) >= 11 is 0. The third-order valence-electron chi connectivity index (χ3n) is 5.61. The second-order valence-corrected chi connectivity index (χ2v) is 7.68. The Morgan fingerprint density at radius 3 is 2.38 bits per heavy atom. The summed E-state index contributed by atoms with van der Waals surface area (Å²) in [7, 11) is 2.19. The monoisotopic (exact) mass is 295 g/mol. The van der Waals surface area contributed by atoms with E-state index in [0.717, 1.165) is 38.9 Å². The minimum Gasteiger partial charge on any atom is -0.325 e. The third-order valence-corrected chi connectivity index (χ3v) is 5.61. The highest BCUT2D eigenvalue weighted by Crippen LogP contribution is 2.35. The van der Waals surface area contributed by atoms with E-state index in [1.165, 1.54) is 12.8 Å². The molecule has 21 heavy (non-hydrogen) atoms. The van der Waals surface area contributed by atoms with Crippen LogP contribution in [-0.2, 0) is 4.79 Å². The molecule has 1 amide bonds. The predicted octanol–water partition coefficient (Wildman–Crippen LogP) is 2.45. The minimum atomic E-state index is -0.359. The average molecular weight is 295 g/mol. The first-order chi connectivity index (χ1) is 9.83. The molecule has 0 aromatic rings. The van der Waals surface area contributed by atoms with Crippen molar-refractivity contribution in [2.24, 2.45) is 5.41 Å². The van der Waals surface area contributed by atoms with E-state index in [2.05, 4.69) is 49.9 Å². The van der Waals surface area contributed by atoms with Gasteiger partial charge in [0.15, 0.2) is 0 Å². The number of likely N-dealkylation sites (tertiary alicyclic amines) is 1. The van der Waals surface area contributed by atoms with E-state index in [4.69, 9.17) is 0 Å². The first-order valence-corrected chi connectivity index (χ1v) is 8.61. The molecule has 2 aliphatic rings. The Bertz CT molecular complexity index is 376. The normalized spacial score (nSPS) is 33.7. The van der Waals surface area contributed by atoms with Crippen LogP contribution in [0.5, 0.6) is 0 Å². The molecule has 1 N–H and O–H groups in total. The van der Waals surface area contributed by atoms with Crippen LogP contribution in [0.25, 0.3) is 0 Å². The van der Waals surface area contributed by atoms with Gasteiger partial charge in [0.25, 0.3) is 0 Å². The molecule has 0 aromatic heterocycles. The summed E-state index contributed by atoms with van der Waals surface area (Å²) in [6, 6.07) is 0. The van der Waals surface area contributed by atoms with Crippen LogP contribution in [0.15, 0.2) is 0 Å². The van der Waals surface area contributed by atoms with Gasteiger partial charge in [-0.1, -0.05) is 27.2 Å². The Kier molecular flexibility index (Phi) is 4.99. The molecule has 0 spiro atoms. The molecule has 2 rings (SSSR count). The zero-order chi connectivity index (χ0) is 15.7. The summed E-state index contributed by atoms with van der Waals surface area (Å²) in [5.41, 5.74) is -0.0868. The van der Waals surface area contributed by atoms with Crippen molar-refractivity contribution in [2.45, 2.75) is 71.5 Å². The van der Waals surface area contributed by atoms with E-state index in [1.807, 2.05) is 0 Å². The van der Waals surface area contributed by atoms with Crippen molar-refractivity contribution in [1.29, 1.82) is 0 Å². The Hall–Kier alpha value is -0.610. The van der Waals surface area contributed by atoms with Crippen molar-refractivity contribution in [1.82, 2.24) is 15.1 Å². The van der Waals surface area contributed by atoms with E-state index >= 15 is 0 Å². The second kappa shape index (κ2) is 6.25. The highest BCUT2D eigenvalue weighted by atomic mass is 16.2. The molecule has 122 valence electrons. The molecule has 4 heteroatoms. The molecule has 0 aliphatic carbocycles. The molecule has 0 saturated carbocycles. The van der Waals surface area contributed by atoms with Gasteiger partial charge < -0.3 is 9.80 Å². The van der Waals surface area contributed by atoms with Crippen LogP contribution in [0.2, 0.25) is 0 Å². The van der Waals surface area contributed by atoms with Crippen molar-refractivity contribution in [3.05, 3.63) is 0 Å². The van der Waals surface area contributed by atoms with Crippen molar-refractivity contribution in [3.8, 4) is 0 Å². The van der Waals surface area contributed by atoms with Gasteiger partial charge in [-0.15, -0.1) is 0 Å². The van der Waals surface area contributed by atoms with Gasteiger partial charge in [-0.05, 0) is 58.2 Å². The second-order valence-electron chi connectivity index (χ2n) is 7.68. The summed E-state index contributed by atoms with van der Waals surface area (Å²) in [6.07, 6.45) is 5.63. The number of piperidine rings is 1. The standard InChI is InChI=1S/C17H33N3O/c1-6-8-14-18-17(4,7-2)15(21)20(14)13-16(3)9-11-19(5)12-10-16/h14,18H,6-13H2,1-5H3. The van der Waals surface area contributed by atoms with Gasteiger partial charge in [-0.3, -0.25) is 10.1 Å². The highest BCUT2D eigenvalue weighted by Gasteiger charge is 2.48. The summed E-state index contributed by atoms with van der Waals surface area (Å²) in [5, 5.41) is 3.60. The molecular weight excluding hydrogens is 262 g/mol. The fourth-order valence-electron chi connectivity index (χ4n) is 3.63. The topological polar surface area (TPSA) is 35.6 Å². The van der Waals surface area contributed by atoms with Crippen LogP contribution in [0.3, 0.4) is 0 Å². The largest absolute Gasteiger partial charge is 0.325 e. The third kappa shape index (κ3) is 3.42. The van der Waals surface area contributed by atoms with E-state index < -0.39 is 0 Å². The zero-order valence-electron chi connectivity index (χ0n) is 14.5. The van der Waals surface area contributed by atoms with Crippen LogP contribution in [0.1, 0.15) is 59.8 Å². The van der Waals surface area contributed by atoms with Crippen molar-refractivity contribution in [2.75, 3.05) is 26.7 Å². The lowest BCUT2D eigenvalue weighted by Crippen LogP contribution is -2.48. The predicted molar refractivity (Wildman–Crippen MR) is 87.1 cm³/mol. The molecule has 0 bridgehead atoms. The van der Waals surface area contributed by atoms with Crippen molar-refractivity contribution in [3.63, 3.8) is 0 Å². The maximum atomic E-state index is 12.9. The molecule has 2 fully saturated rings. The van der Waals surface area contributed by atoms with Crippen LogP contribution >= 0.6 is 0 Å². The number of rotatable bonds is 5. The molecule has 0 aromatic carbocycles. The van der Waals surface area contributed by atoms with E-state index in [-0.39, 0.29) is 17.1 Å². The zero-order valence-corrected chi connectivity index (χ0v) is 14.5. The Balaban J connectivity index is 2.10. The number of amides is 1. The van der Waals surface area contributed by atoms with Crippen molar-refractivity contribution >= 4 is 5.91 Å². The quantitative estimate of drug-likeness (QED) is 0.846. The number of carbonyl (C=O) groups is 1. The van der Waals surface area contributed by atoms with Crippen LogP contribution in [0, 0.1) is 5.41 Å². The maximum absolute atomic E-state index is 12.9. The minimum absolute atomic E-state index is 0.226. The van der Waals surface area contributed by atoms with Crippen LogP contribution < -0.4 is 5.32 Å². The van der Waals surface area contributed by atoms with Gasteiger partial charge in [-0.2, -0.15) is 0 Å². The van der Waals surface area contributed by atoms with E-state index in [9.17, 15) is 4.79 Å². The van der Waals surface area contributed by atoms with Crippen LogP contribution in [-0.4, -0.2) is 54.1 Å². The summed E-state index contributed by atoms with van der Waals surface area (Å²) < 4.78 is 0. The highest BCUT2D eigenvalue weighted by molar-refractivity contribution is 5.88. The Labute approximate surface area is 130 Å². The molecule has 4 nitrogen and oxygen atoms in total. The van der Waals surface area contributed by atoms with Gasteiger partial charge in [0, 0.05) is 6.54 Å². The lowest BCUT2D eigenvalue weighted by atomic mass is 9.79. The first kappa shape index (κ1) is 16.8. The summed E-state index contributed by atoms with van der Waals surface area (Å²) in [4.78, 5) is 17.4. The molecule has 2 unspecified atom stereocenters. The number of hydrogen-bond acceptors (Lipinski definition) is 3. The molecule has 2 heterocycles. The Morgan fingerprint density at radius 1 is 1.24 bits per heavy atom. The number of hydrogen-bond donors (Lipinski definition) is 1. The van der Waals surface area contributed by atoms with Gasteiger partial charge in [0.05, 0.1) is 11.7 Å². The molecule has 2 saturated heterocycles. The van der Waals surface area contributed by atoms with Gasteiger partial charge >= 0.3 is 0 Å². The molecule has 0 radical (unpaired) electrons. The van der Waals surface area contributed by atoms with Gasteiger partial charge in [-0.25, -0.2) is 0 Å². The number of nitrogens with zero attached hydrogens (tertiary/aromatic N) is 2. The molecule has 2 aliphatic heterocycles. The lowest BCUT2D eigenvalue weighted by molar-refractivity contribution is -0.134. The maximum Gasteiger partial charge on any atom is 0.243 e.